The summed E-state index contributed by atoms with van der Waals surface area (Å²) >= 11 is 0. The molecule has 0 radical (unpaired) electrons. The van der Waals surface area contributed by atoms with Crippen molar-refractivity contribution in [3.63, 3.8) is 0 Å². The van der Waals surface area contributed by atoms with E-state index in [4.69, 9.17) is 5.73 Å². The molecule has 1 aromatic rings. The minimum Gasteiger partial charge on any atom is -0.324 e. The van der Waals surface area contributed by atoms with E-state index in [1.165, 1.54) is 16.7 Å². The molecule has 0 aliphatic heterocycles. The van der Waals surface area contributed by atoms with E-state index in [0.29, 0.717) is 11.3 Å². The molecule has 96 valence electrons. The van der Waals surface area contributed by atoms with Gasteiger partial charge in [-0.2, -0.15) is 0 Å². The highest BCUT2D eigenvalue weighted by Gasteiger charge is 2.23. The normalized spacial score (nSPS) is 15.7. The predicted molar refractivity (Wildman–Crippen MR) is 76.1 cm³/mol. The van der Waals surface area contributed by atoms with E-state index in [2.05, 4.69) is 59.7 Å². The molecule has 0 aliphatic rings. The van der Waals surface area contributed by atoms with Gasteiger partial charge in [-0.3, -0.25) is 0 Å². The van der Waals surface area contributed by atoms with E-state index >= 15 is 0 Å². The lowest BCUT2D eigenvalue weighted by Gasteiger charge is -2.30. The summed E-state index contributed by atoms with van der Waals surface area (Å²) in [5, 5.41) is 0. The monoisotopic (exact) mass is 233 g/mol. The first-order valence-corrected chi connectivity index (χ1v) is 6.54. The molecule has 0 amide bonds. The number of rotatable bonds is 3. The molecule has 1 aromatic carbocycles. The number of nitrogens with two attached hydrogens (primary N) is 1. The third-order valence-electron chi connectivity index (χ3n) is 3.91. The lowest BCUT2D eigenvalue weighted by atomic mass is 9.77. The van der Waals surface area contributed by atoms with Gasteiger partial charge in [-0.15, -0.1) is 0 Å². The molecule has 0 fully saturated rings. The lowest BCUT2D eigenvalue weighted by molar-refractivity contribution is 0.233. The van der Waals surface area contributed by atoms with Crippen LogP contribution in [0.3, 0.4) is 0 Å². The van der Waals surface area contributed by atoms with Gasteiger partial charge >= 0.3 is 0 Å². The van der Waals surface area contributed by atoms with Crippen LogP contribution in [-0.4, -0.2) is 0 Å². The number of hydrogen-bond acceptors (Lipinski definition) is 1. The van der Waals surface area contributed by atoms with E-state index in [-0.39, 0.29) is 6.04 Å². The van der Waals surface area contributed by atoms with Gasteiger partial charge in [-0.05, 0) is 42.7 Å². The molecule has 17 heavy (non-hydrogen) atoms. The van der Waals surface area contributed by atoms with Gasteiger partial charge in [0, 0.05) is 6.04 Å². The summed E-state index contributed by atoms with van der Waals surface area (Å²) in [6.45, 7) is 13.4. The summed E-state index contributed by atoms with van der Waals surface area (Å²) in [5.74, 6) is 0.623. The lowest BCUT2D eigenvalue weighted by Crippen LogP contribution is -2.23. The Morgan fingerprint density at radius 1 is 1.18 bits per heavy atom. The van der Waals surface area contributed by atoms with Crippen LogP contribution in [0, 0.1) is 25.2 Å². The molecule has 1 heteroatoms. The number of hydrogen-bond donors (Lipinski definition) is 1. The van der Waals surface area contributed by atoms with Crippen LogP contribution >= 0.6 is 0 Å². The second kappa shape index (κ2) is 5.22. The van der Waals surface area contributed by atoms with Crippen molar-refractivity contribution in [3.8, 4) is 0 Å². The zero-order chi connectivity index (χ0) is 13.2. The molecule has 0 bridgehead atoms. The highest BCUT2D eigenvalue weighted by Crippen LogP contribution is 2.33. The molecule has 0 saturated carbocycles. The zero-order valence-electron chi connectivity index (χ0n) is 12.2. The van der Waals surface area contributed by atoms with Gasteiger partial charge in [-0.25, -0.2) is 0 Å². The summed E-state index contributed by atoms with van der Waals surface area (Å²) in [4.78, 5) is 0. The van der Waals surface area contributed by atoms with Gasteiger partial charge in [0.15, 0.2) is 0 Å². The Kier molecular flexibility index (Phi) is 4.37. The summed E-state index contributed by atoms with van der Waals surface area (Å²) in [6, 6.07) is 6.72. The zero-order valence-corrected chi connectivity index (χ0v) is 12.2. The van der Waals surface area contributed by atoms with Crippen LogP contribution in [0.2, 0.25) is 0 Å². The van der Waals surface area contributed by atoms with Crippen LogP contribution in [0.25, 0.3) is 0 Å². The summed E-state index contributed by atoms with van der Waals surface area (Å²) < 4.78 is 0. The van der Waals surface area contributed by atoms with Crippen molar-refractivity contribution >= 4 is 0 Å². The molecule has 0 saturated heterocycles. The average molecular weight is 233 g/mol. The van der Waals surface area contributed by atoms with Crippen molar-refractivity contribution in [2.24, 2.45) is 17.1 Å². The van der Waals surface area contributed by atoms with E-state index < -0.39 is 0 Å². The van der Waals surface area contributed by atoms with Crippen LogP contribution in [-0.2, 0) is 0 Å². The fourth-order valence-corrected chi connectivity index (χ4v) is 2.10. The maximum atomic E-state index is 6.34. The Balaban J connectivity index is 2.80. The van der Waals surface area contributed by atoms with Crippen LogP contribution in [0.1, 0.15) is 56.8 Å². The molecule has 1 rings (SSSR count). The smallest absolute Gasteiger partial charge is 0.0300 e. The quantitative estimate of drug-likeness (QED) is 0.824. The Bertz CT molecular complexity index is 374. The van der Waals surface area contributed by atoms with Crippen LogP contribution < -0.4 is 5.73 Å². The fraction of sp³-hybridized carbons (Fsp3) is 0.625. The average Bonchev–Trinajstić information content (AvgIpc) is 2.15. The molecular formula is C16H27N. The van der Waals surface area contributed by atoms with Crippen molar-refractivity contribution in [1.29, 1.82) is 0 Å². The Labute approximate surface area is 106 Å². The van der Waals surface area contributed by atoms with E-state index in [1.54, 1.807) is 0 Å². The van der Waals surface area contributed by atoms with Gasteiger partial charge < -0.3 is 5.73 Å². The summed E-state index contributed by atoms with van der Waals surface area (Å²) in [5.41, 5.74) is 10.6. The largest absolute Gasteiger partial charge is 0.324 e. The first kappa shape index (κ1) is 14.2. The van der Waals surface area contributed by atoms with Gasteiger partial charge in [0.1, 0.15) is 0 Å². The van der Waals surface area contributed by atoms with E-state index in [1.807, 2.05) is 0 Å². The van der Waals surface area contributed by atoms with Crippen LogP contribution in [0.5, 0.6) is 0 Å². The van der Waals surface area contributed by atoms with Gasteiger partial charge in [0.2, 0.25) is 0 Å². The SMILES string of the molecule is Cc1ccc(C(N)CC(C)C(C)(C)C)c(C)c1. The fourth-order valence-electron chi connectivity index (χ4n) is 2.10. The predicted octanol–water partition coefficient (Wildman–Crippen LogP) is 4.38. The maximum Gasteiger partial charge on any atom is 0.0300 e. The Hall–Kier alpha value is -0.820. The molecule has 0 aliphatic carbocycles. The highest BCUT2D eigenvalue weighted by molar-refractivity contribution is 5.32. The molecule has 2 N–H and O–H groups in total. The summed E-state index contributed by atoms with van der Waals surface area (Å²) in [7, 11) is 0. The second-order valence-electron chi connectivity index (χ2n) is 6.47. The topological polar surface area (TPSA) is 26.0 Å². The van der Waals surface area contributed by atoms with Gasteiger partial charge in [-0.1, -0.05) is 51.5 Å². The molecule has 2 atom stereocenters. The minimum absolute atomic E-state index is 0.157. The van der Waals surface area contributed by atoms with Gasteiger partial charge in [0.05, 0.1) is 0 Å². The standard InChI is InChI=1S/C16H27N/c1-11-7-8-14(12(2)9-11)15(17)10-13(3)16(4,5)6/h7-9,13,15H,10,17H2,1-6H3. The third kappa shape index (κ3) is 3.85. The molecule has 1 nitrogen and oxygen atoms in total. The second-order valence-corrected chi connectivity index (χ2v) is 6.47. The number of aryl methyl sites for hydroxylation is 2. The molecular weight excluding hydrogens is 206 g/mol. The van der Waals surface area contributed by atoms with Crippen LogP contribution in [0.4, 0.5) is 0 Å². The molecule has 0 aromatic heterocycles. The molecule has 0 spiro atoms. The maximum absolute atomic E-state index is 6.34. The van der Waals surface area contributed by atoms with Crippen molar-refractivity contribution in [2.45, 2.75) is 54.0 Å². The Morgan fingerprint density at radius 2 is 1.76 bits per heavy atom. The third-order valence-corrected chi connectivity index (χ3v) is 3.91. The van der Waals surface area contributed by atoms with Crippen molar-refractivity contribution in [2.75, 3.05) is 0 Å². The first-order chi connectivity index (χ1) is 7.71. The molecule has 2 unspecified atom stereocenters. The minimum atomic E-state index is 0.157. The Morgan fingerprint density at radius 3 is 2.24 bits per heavy atom. The first-order valence-electron chi connectivity index (χ1n) is 6.54. The number of benzene rings is 1. The van der Waals surface area contributed by atoms with Crippen molar-refractivity contribution < 1.29 is 0 Å². The van der Waals surface area contributed by atoms with Crippen LogP contribution in [0.15, 0.2) is 18.2 Å². The van der Waals surface area contributed by atoms with Gasteiger partial charge in [0.25, 0.3) is 0 Å². The highest BCUT2D eigenvalue weighted by atomic mass is 14.6. The van der Waals surface area contributed by atoms with E-state index in [0.717, 1.165) is 6.42 Å². The molecule has 0 heterocycles. The summed E-state index contributed by atoms with van der Waals surface area (Å²) in [6.07, 6.45) is 1.05. The van der Waals surface area contributed by atoms with E-state index in [9.17, 15) is 0 Å². The van der Waals surface area contributed by atoms with Crippen molar-refractivity contribution in [3.05, 3.63) is 34.9 Å². The van der Waals surface area contributed by atoms with Crippen molar-refractivity contribution in [1.82, 2.24) is 0 Å².